The fourth-order valence-electron chi connectivity index (χ4n) is 2.00. The third-order valence-corrected chi connectivity index (χ3v) is 3.23. The number of benzene rings is 1. The minimum Gasteiger partial charge on any atom is -0.356 e. The van der Waals surface area contributed by atoms with Gasteiger partial charge in [0.2, 0.25) is 5.89 Å². The number of aliphatic imine (C=N–C) groups is 1. The third kappa shape index (κ3) is 6.98. The van der Waals surface area contributed by atoms with E-state index in [-0.39, 0.29) is 24.0 Å². The predicted molar refractivity (Wildman–Crippen MR) is 102 cm³/mol. The molecule has 0 radical (unpaired) electrons. The molecule has 0 atom stereocenters. The Bertz CT molecular complexity index is 609. The molecular formula is C16H24IN5O. The maximum absolute atomic E-state index is 5.08. The first-order valence-corrected chi connectivity index (χ1v) is 7.46. The van der Waals surface area contributed by atoms with Crippen LogP contribution in [-0.2, 0) is 13.0 Å². The molecule has 1 aromatic heterocycles. The molecule has 0 bridgehead atoms. The number of hydrogen-bond acceptors (Lipinski definition) is 4. The largest absolute Gasteiger partial charge is 0.356 e. The Kier molecular flexibility index (Phi) is 8.60. The first-order valence-electron chi connectivity index (χ1n) is 7.46. The zero-order valence-electron chi connectivity index (χ0n) is 13.8. The van der Waals surface area contributed by atoms with Crippen molar-refractivity contribution >= 4 is 29.9 Å². The Morgan fingerprint density at radius 2 is 1.91 bits per heavy atom. The van der Waals surface area contributed by atoms with Gasteiger partial charge in [-0.2, -0.15) is 4.98 Å². The van der Waals surface area contributed by atoms with Crippen molar-refractivity contribution in [3.63, 3.8) is 0 Å². The fourth-order valence-corrected chi connectivity index (χ4v) is 2.00. The molecule has 1 aromatic carbocycles. The molecule has 0 unspecified atom stereocenters. The zero-order chi connectivity index (χ0) is 15.8. The van der Waals surface area contributed by atoms with Gasteiger partial charge in [0.25, 0.3) is 0 Å². The molecule has 1 heterocycles. The molecule has 0 aliphatic heterocycles. The molecule has 2 N–H and O–H groups in total. The van der Waals surface area contributed by atoms with Crippen LogP contribution >= 0.6 is 24.0 Å². The lowest BCUT2D eigenvalue weighted by Crippen LogP contribution is -2.37. The Balaban J connectivity index is 0.00000264. The van der Waals surface area contributed by atoms with Gasteiger partial charge in [-0.3, -0.25) is 4.99 Å². The SMILES string of the molecule is CN=C(NCCCc1nc(C)no1)NCc1ccc(C)cc1.I. The minimum absolute atomic E-state index is 0. The number of guanidine groups is 1. The quantitative estimate of drug-likeness (QED) is 0.320. The van der Waals surface area contributed by atoms with Gasteiger partial charge in [0.15, 0.2) is 11.8 Å². The topological polar surface area (TPSA) is 75.3 Å². The number of nitrogens with one attached hydrogen (secondary N) is 2. The van der Waals surface area contributed by atoms with Gasteiger partial charge in [-0.25, -0.2) is 0 Å². The van der Waals surface area contributed by atoms with Crippen LogP contribution in [0.1, 0.15) is 29.3 Å². The van der Waals surface area contributed by atoms with Crippen molar-refractivity contribution in [2.75, 3.05) is 13.6 Å². The van der Waals surface area contributed by atoms with Crippen molar-refractivity contribution in [3.05, 3.63) is 47.1 Å². The molecule has 0 saturated carbocycles. The monoisotopic (exact) mass is 429 g/mol. The first-order chi connectivity index (χ1) is 10.7. The summed E-state index contributed by atoms with van der Waals surface area (Å²) in [7, 11) is 1.77. The van der Waals surface area contributed by atoms with Gasteiger partial charge >= 0.3 is 0 Å². The van der Waals surface area contributed by atoms with Gasteiger partial charge in [-0.05, 0) is 25.8 Å². The number of halogens is 1. The summed E-state index contributed by atoms with van der Waals surface area (Å²) in [5.41, 5.74) is 2.50. The predicted octanol–water partition coefficient (Wildman–Crippen LogP) is 2.60. The van der Waals surface area contributed by atoms with Crippen LogP contribution in [0.25, 0.3) is 0 Å². The highest BCUT2D eigenvalue weighted by atomic mass is 127. The van der Waals surface area contributed by atoms with Crippen molar-refractivity contribution in [2.24, 2.45) is 4.99 Å². The van der Waals surface area contributed by atoms with Crippen LogP contribution < -0.4 is 10.6 Å². The summed E-state index contributed by atoms with van der Waals surface area (Å²) in [6.07, 6.45) is 1.68. The van der Waals surface area contributed by atoms with Crippen LogP contribution in [0, 0.1) is 13.8 Å². The van der Waals surface area contributed by atoms with E-state index >= 15 is 0 Å². The summed E-state index contributed by atoms with van der Waals surface area (Å²) in [5, 5.41) is 10.3. The number of nitrogens with zero attached hydrogens (tertiary/aromatic N) is 3. The van der Waals surface area contributed by atoms with Crippen molar-refractivity contribution in [1.29, 1.82) is 0 Å². The minimum atomic E-state index is 0. The maximum atomic E-state index is 5.08. The lowest BCUT2D eigenvalue weighted by Gasteiger charge is -2.11. The van der Waals surface area contributed by atoms with E-state index in [1.165, 1.54) is 11.1 Å². The number of rotatable bonds is 6. The molecule has 6 nitrogen and oxygen atoms in total. The number of aryl methyl sites for hydroxylation is 3. The van der Waals surface area contributed by atoms with Crippen LogP contribution in [0.15, 0.2) is 33.8 Å². The molecule has 7 heteroatoms. The highest BCUT2D eigenvalue weighted by Gasteiger charge is 2.03. The van der Waals surface area contributed by atoms with Crippen LogP contribution in [0.3, 0.4) is 0 Å². The van der Waals surface area contributed by atoms with Gasteiger partial charge in [0.05, 0.1) is 0 Å². The van der Waals surface area contributed by atoms with E-state index in [9.17, 15) is 0 Å². The van der Waals surface area contributed by atoms with Gasteiger partial charge in [0, 0.05) is 26.6 Å². The summed E-state index contributed by atoms with van der Waals surface area (Å²) in [4.78, 5) is 8.39. The zero-order valence-corrected chi connectivity index (χ0v) is 16.1. The van der Waals surface area contributed by atoms with Gasteiger partial charge in [-0.15, -0.1) is 24.0 Å². The molecule has 0 spiro atoms. The molecule has 23 heavy (non-hydrogen) atoms. The Morgan fingerprint density at radius 1 is 1.17 bits per heavy atom. The average Bonchev–Trinajstić information content (AvgIpc) is 2.94. The van der Waals surface area contributed by atoms with Crippen LogP contribution in [0.4, 0.5) is 0 Å². The molecule has 0 aliphatic carbocycles. The molecule has 2 rings (SSSR count). The highest BCUT2D eigenvalue weighted by molar-refractivity contribution is 14.0. The summed E-state index contributed by atoms with van der Waals surface area (Å²) in [6.45, 7) is 5.46. The Hall–Kier alpha value is -1.64. The number of hydrogen-bond donors (Lipinski definition) is 2. The lowest BCUT2D eigenvalue weighted by atomic mass is 10.1. The summed E-state index contributed by atoms with van der Waals surface area (Å²) in [5.74, 6) is 2.16. The third-order valence-electron chi connectivity index (χ3n) is 3.23. The molecule has 0 fully saturated rings. The van der Waals surface area contributed by atoms with E-state index in [1.54, 1.807) is 7.05 Å². The molecular weight excluding hydrogens is 405 g/mol. The maximum Gasteiger partial charge on any atom is 0.226 e. The summed E-state index contributed by atoms with van der Waals surface area (Å²) in [6, 6.07) is 8.46. The number of aromatic nitrogens is 2. The Morgan fingerprint density at radius 3 is 2.52 bits per heavy atom. The van der Waals surface area contributed by atoms with E-state index in [2.05, 4.69) is 57.0 Å². The molecule has 126 valence electrons. The van der Waals surface area contributed by atoms with E-state index in [0.29, 0.717) is 11.7 Å². The Labute approximate surface area is 154 Å². The second-order valence-corrected chi connectivity index (χ2v) is 5.18. The normalized spacial score (nSPS) is 11.0. The first kappa shape index (κ1) is 19.4. The average molecular weight is 429 g/mol. The van der Waals surface area contributed by atoms with Gasteiger partial charge < -0.3 is 15.2 Å². The molecule has 0 aliphatic rings. The second-order valence-electron chi connectivity index (χ2n) is 5.18. The van der Waals surface area contributed by atoms with Crippen molar-refractivity contribution in [3.8, 4) is 0 Å². The van der Waals surface area contributed by atoms with Gasteiger partial charge in [-0.1, -0.05) is 35.0 Å². The van der Waals surface area contributed by atoms with E-state index in [0.717, 1.165) is 31.9 Å². The van der Waals surface area contributed by atoms with E-state index in [1.807, 2.05) is 6.92 Å². The lowest BCUT2D eigenvalue weighted by molar-refractivity contribution is 0.372. The summed E-state index contributed by atoms with van der Waals surface area (Å²) >= 11 is 0. The van der Waals surface area contributed by atoms with Crippen molar-refractivity contribution in [2.45, 2.75) is 33.2 Å². The van der Waals surface area contributed by atoms with Crippen LogP contribution in [0.2, 0.25) is 0 Å². The fraction of sp³-hybridized carbons (Fsp3) is 0.438. The molecule has 0 amide bonds. The smallest absolute Gasteiger partial charge is 0.226 e. The van der Waals surface area contributed by atoms with Crippen LogP contribution in [-0.4, -0.2) is 29.7 Å². The molecule has 0 saturated heterocycles. The van der Waals surface area contributed by atoms with E-state index in [4.69, 9.17) is 4.52 Å². The van der Waals surface area contributed by atoms with Crippen molar-refractivity contribution in [1.82, 2.24) is 20.8 Å². The van der Waals surface area contributed by atoms with Gasteiger partial charge in [0.1, 0.15) is 0 Å². The van der Waals surface area contributed by atoms with Crippen LogP contribution in [0.5, 0.6) is 0 Å². The second kappa shape index (κ2) is 10.2. The molecule has 2 aromatic rings. The van der Waals surface area contributed by atoms with E-state index < -0.39 is 0 Å². The highest BCUT2D eigenvalue weighted by Crippen LogP contribution is 2.02. The summed E-state index contributed by atoms with van der Waals surface area (Å²) < 4.78 is 5.08. The van der Waals surface area contributed by atoms with Crippen molar-refractivity contribution < 1.29 is 4.52 Å². The standard InChI is InChI=1S/C16H23N5O.HI/c1-12-6-8-14(9-7-12)11-19-16(17-3)18-10-4-5-15-20-13(2)21-22-15;/h6-9H,4-5,10-11H2,1-3H3,(H2,17,18,19);1H.